The van der Waals surface area contributed by atoms with E-state index in [1.54, 1.807) is 32.4 Å². The molecule has 0 amide bonds. The highest BCUT2D eigenvalue weighted by atomic mass is 16.5. The van der Waals surface area contributed by atoms with Crippen LogP contribution in [-0.4, -0.2) is 54.7 Å². The Morgan fingerprint density at radius 2 is 1.83 bits per heavy atom. The van der Waals surface area contributed by atoms with E-state index >= 15 is 0 Å². The summed E-state index contributed by atoms with van der Waals surface area (Å²) in [5.74, 6) is 1.95. The van der Waals surface area contributed by atoms with Crippen molar-refractivity contribution in [2.24, 2.45) is 4.99 Å². The van der Waals surface area contributed by atoms with Crippen molar-refractivity contribution in [3.63, 3.8) is 0 Å². The lowest BCUT2D eigenvalue weighted by atomic mass is 10.1. The van der Waals surface area contributed by atoms with E-state index in [1.165, 1.54) is 5.69 Å². The zero-order valence-electron chi connectivity index (χ0n) is 18.0. The monoisotopic (exact) mass is 403 g/mol. The molecular weight excluding hydrogens is 370 g/mol. The molecule has 0 aliphatic heterocycles. The van der Waals surface area contributed by atoms with E-state index in [0.29, 0.717) is 23.0 Å². The lowest BCUT2D eigenvalue weighted by molar-refractivity contribution is 0.186. The van der Waals surface area contributed by atoms with Gasteiger partial charge in [-0.3, -0.25) is 9.67 Å². The van der Waals surface area contributed by atoms with E-state index in [9.17, 15) is 5.11 Å². The van der Waals surface area contributed by atoms with Crippen LogP contribution in [0, 0.1) is 13.8 Å². The van der Waals surface area contributed by atoms with Gasteiger partial charge in [0.2, 0.25) is 0 Å². The second kappa shape index (κ2) is 11.3. The summed E-state index contributed by atoms with van der Waals surface area (Å²) in [5.41, 5.74) is 2.90. The minimum atomic E-state index is -0.760. The number of nitrogens with one attached hydrogen (secondary N) is 2. The zero-order chi connectivity index (χ0) is 21.2. The minimum absolute atomic E-state index is 0.225. The van der Waals surface area contributed by atoms with Crippen LogP contribution >= 0.6 is 0 Å². The largest absolute Gasteiger partial charge is 0.497 e. The smallest absolute Gasteiger partial charge is 0.191 e. The van der Waals surface area contributed by atoms with Crippen molar-refractivity contribution in [1.82, 2.24) is 20.4 Å². The van der Waals surface area contributed by atoms with Gasteiger partial charge in [-0.1, -0.05) is 0 Å². The van der Waals surface area contributed by atoms with Gasteiger partial charge in [-0.2, -0.15) is 5.10 Å². The van der Waals surface area contributed by atoms with Gasteiger partial charge in [0.05, 0.1) is 32.6 Å². The quantitative estimate of drug-likeness (QED) is 0.320. The van der Waals surface area contributed by atoms with Crippen LogP contribution in [0.4, 0.5) is 0 Å². The van der Waals surface area contributed by atoms with Crippen molar-refractivity contribution in [3.8, 4) is 11.5 Å². The van der Waals surface area contributed by atoms with E-state index in [2.05, 4.69) is 33.7 Å². The van der Waals surface area contributed by atoms with Crippen LogP contribution in [0.15, 0.2) is 29.3 Å². The minimum Gasteiger partial charge on any atom is -0.497 e. The second-order valence-corrected chi connectivity index (χ2v) is 6.81. The normalized spacial score (nSPS) is 12.6. The Bertz CT molecular complexity index is 781. The maximum absolute atomic E-state index is 10.5. The molecule has 0 bridgehead atoms. The van der Waals surface area contributed by atoms with Crippen molar-refractivity contribution in [1.29, 1.82) is 0 Å². The summed E-state index contributed by atoms with van der Waals surface area (Å²) in [4.78, 5) is 4.51. The Hall–Kier alpha value is -2.74. The molecule has 2 rings (SSSR count). The molecule has 29 heavy (non-hydrogen) atoms. The van der Waals surface area contributed by atoms with Gasteiger partial charge in [0.25, 0.3) is 0 Å². The van der Waals surface area contributed by atoms with Gasteiger partial charge in [0, 0.05) is 31.4 Å². The maximum Gasteiger partial charge on any atom is 0.191 e. The Morgan fingerprint density at radius 3 is 2.38 bits per heavy atom. The number of ether oxygens (including phenoxy) is 2. The standard InChI is InChI=1S/C21H33N5O3/c1-6-22-21(23-8-7-9-26-16(3)10-15(2)25-26)24-14-20(27)17-11-18(28-4)13-19(12-17)29-5/h10-13,20,27H,6-9,14H2,1-5H3,(H2,22,23,24). The third-order valence-electron chi connectivity index (χ3n) is 4.47. The number of rotatable bonds is 10. The molecule has 0 fully saturated rings. The van der Waals surface area contributed by atoms with Crippen molar-refractivity contribution < 1.29 is 14.6 Å². The molecule has 160 valence electrons. The van der Waals surface area contributed by atoms with Gasteiger partial charge >= 0.3 is 0 Å². The number of aryl methyl sites for hydroxylation is 3. The molecule has 1 unspecified atom stereocenters. The summed E-state index contributed by atoms with van der Waals surface area (Å²) in [6.45, 7) is 8.65. The van der Waals surface area contributed by atoms with E-state index in [1.807, 2.05) is 18.5 Å². The van der Waals surface area contributed by atoms with Crippen LogP contribution in [0.25, 0.3) is 0 Å². The highest BCUT2D eigenvalue weighted by Crippen LogP contribution is 2.26. The lowest BCUT2D eigenvalue weighted by Crippen LogP contribution is -2.38. The Labute approximate surface area is 172 Å². The molecule has 0 saturated carbocycles. The summed E-state index contributed by atoms with van der Waals surface area (Å²) in [6.07, 6.45) is 0.159. The first-order valence-electron chi connectivity index (χ1n) is 9.91. The molecule has 0 aliphatic rings. The van der Waals surface area contributed by atoms with Crippen LogP contribution in [0.3, 0.4) is 0 Å². The number of methoxy groups -OCH3 is 2. The van der Waals surface area contributed by atoms with Crippen molar-refractivity contribution in [2.75, 3.05) is 33.9 Å². The number of aliphatic imine (C=N–C) groups is 1. The Kier molecular flexibility index (Phi) is 8.79. The van der Waals surface area contributed by atoms with Gasteiger partial charge in [-0.25, -0.2) is 0 Å². The number of guanidine groups is 1. The zero-order valence-corrected chi connectivity index (χ0v) is 18.0. The maximum atomic E-state index is 10.5. The summed E-state index contributed by atoms with van der Waals surface area (Å²) in [6, 6.07) is 7.43. The number of aromatic nitrogens is 2. The molecule has 8 heteroatoms. The molecule has 1 aromatic carbocycles. The van der Waals surface area contributed by atoms with E-state index in [-0.39, 0.29) is 6.54 Å². The average Bonchev–Trinajstić information content (AvgIpc) is 3.05. The van der Waals surface area contributed by atoms with Gasteiger partial charge in [-0.15, -0.1) is 0 Å². The first kappa shape index (κ1) is 22.5. The van der Waals surface area contributed by atoms with E-state index in [0.717, 1.165) is 31.7 Å². The number of nitrogens with zero attached hydrogens (tertiary/aromatic N) is 3. The number of aliphatic hydroxyl groups excluding tert-OH is 1. The van der Waals surface area contributed by atoms with Crippen molar-refractivity contribution in [2.45, 2.75) is 39.8 Å². The summed E-state index contributed by atoms with van der Waals surface area (Å²) >= 11 is 0. The number of benzene rings is 1. The highest BCUT2D eigenvalue weighted by Gasteiger charge is 2.11. The van der Waals surface area contributed by atoms with Gasteiger partial charge in [-0.05, 0) is 51.0 Å². The summed E-state index contributed by atoms with van der Waals surface area (Å²) < 4.78 is 12.5. The first-order valence-corrected chi connectivity index (χ1v) is 9.91. The van der Waals surface area contributed by atoms with Crippen LogP contribution in [0.2, 0.25) is 0 Å². The molecule has 2 aromatic rings. The van der Waals surface area contributed by atoms with Gasteiger partial charge < -0.3 is 25.2 Å². The Morgan fingerprint density at radius 1 is 1.14 bits per heavy atom. The number of hydrogen-bond donors (Lipinski definition) is 3. The SMILES string of the molecule is CCNC(=NCC(O)c1cc(OC)cc(OC)c1)NCCCn1nc(C)cc1C. The van der Waals surface area contributed by atoms with E-state index in [4.69, 9.17) is 9.47 Å². The summed E-state index contributed by atoms with van der Waals surface area (Å²) in [7, 11) is 3.17. The number of aliphatic hydroxyl groups is 1. The van der Waals surface area contributed by atoms with Crippen molar-refractivity contribution >= 4 is 5.96 Å². The topological polar surface area (TPSA) is 92.9 Å². The van der Waals surface area contributed by atoms with Crippen LogP contribution in [0.5, 0.6) is 11.5 Å². The van der Waals surface area contributed by atoms with Crippen LogP contribution in [0.1, 0.15) is 36.4 Å². The third-order valence-corrected chi connectivity index (χ3v) is 4.47. The molecule has 0 saturated heterocycles. The average molecular weight is 404 g/mol. The Balaban J connectivity index is 1.91. The molecule has 1 heterocycles. The van der Waals surface area contributed by atoms with E-state index < -0.39 is 6.10 Å². The van der Waals surface area contributed by atoms with Gasteiger partial charge in [0.15, 0.2) is 5.96 Å². The fraction of sp³-hybridized carbons (Fsp3) is 0.524. The molecule has 8 nitrogen and oxygen atoms in total. The number of hydrogen-bond acceptors (Lipinski definition) is 5. The second-order valence-electron chi connectivity index (χ2n) is 6.81. The molecular formula is C21H33N5O3. The molecule has 0 radical (unpaired) electrons. The first-order chi connectivity index (χ1) is 14.0. The fourth-order valence-corrected chi connectivity index (χ4v) is 2.98. The lowest BCUT2D eigenvalue weighted by Gasteiger charge is -2.15. The third kappa shape index (κ3) is 6.98. The summed E-state index contributed by atoms with van der Waals surface area (Å²) in [5, 5.41) is 21.5. The molecule has 0 aliphatic carbocycles. The molecule has 1 aromatic heterocycles. The fourth-order valence-electron chi connectivity index (χ4n) is 2.98. The van der Waals surface area contributed by atoms with Crippen LogP contribution in [-0.2, 0) is 6.54 Å². The molecule has 3 N–H and O–H groups in total. The molecule has 0 spiro atoms. The van der Waals surface area contributed by atoms with Crippen molar-refractivity contribution in [3.05, 3.63) is 41.2 Å². The molecule has 1 atom stereocenters. The predicted molar refractivity (Wildman–Crippen MR) is 115 cm³/mol. The van der Waals surface area contributed by atoms with Crippen LogP contribution < -0.4 is 20.1 Å². The predicted octanol–water partition coefficient (Wildman–Crippen LogP) is 2.20. The highest BCUT2D eigenvalue weighted by molar-refractivity contribution is 5.79. The van der Waals surface area contributed by atoms with Gasteiger partial charge in [0.1, 0.15) is 11.5 Å².